The first-order valence-corrected chi connectivity index (χ1v) is 37.3. The minimum Gasteiger partial charge on any atom is -0.467 e. The third-order valence-electron chi connectivity index (χ3n) is 19.9. The average Bonchev–Trinajstić information content (AvgIpc) is 1.43. The number of nitrogens with two attached hydrogens (primary N) is 1. The molecule has 2 aliphatic heterocycles. The molecule has 2 aliphatic rings. The Hall–Kier alpha value is -9.02. The summed E-state index contributed by atoms with van der Waals surface area (Å²) in [6.07, 6.45) is 2.39. The van der Waals surface area contributed by atoms with Gasteiger partial charge >= 0.3 is 18.1 Å². The van der Waals surface area contributed by atoms with Crippen LogP contribution in [-0.2, 0) is 86.5 Å². The van der Waals surface area contributed by atoms with Crippen molar-refractivity contribution < 1.29 is 76.5 Å². The number of likely N-dealkylation sites (tertiary alicyclic amines) is 2. The summed E-state index contributed by atoms with van der Waals surface area (Å²) in [5.74, 6) is -5.65. The van der Waals surface area contributed by atoms with Crippen molar-refractivity contribution in [2.75, 3.05) is 65.7 Å². The topological polar surface area (TPSA) is 365 Å². The number of methoxy groups -OCH3 is 3. The molecule has 12 atom stereocenters. The van der Waals surface area contributed by atoms with Gasteiger partial charge in [0.2, 0.25) is 53.2 Å². The molecule has 2 fully saturated rings. The highest BCUT2D eigenvalue weighted by atomic mass is 16.5. The van der Waals surface area contributed by atoms with Gasteiger partial charge in [0.1, 0.15) is 30.8 Å². The molecule has 586 valence electrons. The molecule has 5 rings (SSSR count). The third kappa shape index (κ3) is 26.8. The Balaban J connectivity index is 1.16. The number of hydrogen-bond acceptors (Lipinski definition) is 17. The maximum absolute atomic E-state index is 15.0. The van der Waals surface area contributed by atoms with Gasteiger partial charge in [-0.15, -0.1) is 0 Å². The van der Waals surface area contributed by atoms with Crippen molar-refractivity contribution in [2.45, 2.75) is 220 Å². The summed E-state index contributed by atoms with van der Waals surface area (Å²) in [5.41, 5.74) is 8.25. The van der Waals surface area contributed by atoms with Crippen molar-refractivity contribution >= 4 is 82.6 Å². The van der Waals surface area contributed by atoms with Crippen LogP contribution in [0.5, 0.6) is 0 Å². The zero-order chi connectivity index (χ0) is 78.5. The van der Waals surface area contributed by atoms with Crippen LogP contribution in [0.1, 0.15) is 163 Å². The number of urea groups is 1. The first kappa shape index (κ1) is 87.6. The summed E-state index contributed by atoms with van der Waals surface area (Å²) >= 11 is 0. The highest BCUT2D eigenvalue weighted by molar-refractivity contribution is 6.03. The Morgan fingerprint density at radius 1 is 0.689 bits per heavy atom. The molecular weight excluding hydrogens is 1360 g/mol. The Morgan fingerprint density at radius 2 is 1.36 bits per heavy atom. The maximum atomic E-state index is 15.0. The van der Waals surface area contributed by atoms with E-state index < -0.39 is 96.2 Å². The van der Waals surface area contributed by atoms with E-state index in [9.17, 15) is 52.7 Å². The Labute approximate surface area is 625 Å². The van der Waals surface area contributed by atoms with Gasteiger partial charge in [-0.1, -0.05) is 137 Å². The van der Waals surface area contributed by atoms with Gasteiger partial charge in [0, 0.05) is 84.0 Å². The van der Waals surface area contributed by atoms with Crippen LogP contribution in [0.25, 0.3) is 0 Å². The van der Waals surface area contributed by atoms with Gasteiger partial charge in [0.25, 0.3) is 0 Å². The Morgan fingerprint density at radius 3 is 1.96 bits per heavy atom. The first-order chi connectivity index (χ1) is 50.3. The second-order valence-corrected chi connectivity index (χ2v) is 29.3. The number of nitrogens with zero attached hydrogens (tertiary/aromatic N) is 4. The summed E-state index contributed by atoms with van der Waals surface area (Å²) in [7, 11) is 7.81. The van der Waals surface area contributed by atoms with Crippen molar-refractivity contribution in [3.63, 3.8) is 0 Å². The highest BCUT2D eigenvalue weighted by Gasteiger charge is 2.44. The lowest BCUT2D eigenvalue weighted by Crippen LogP contribution is -2.59. The van der Waals surface area contributed by atoms with Crippen molar-refractivity contribution in [3.05, 3.63) is 95.6 Å². The second kappa shape index (κ2) is 43.6. The fourth-order valence-electron chi connectivity index (χ4n) is 14.0. The minimum atomic E-state index is -1.09. The van der Waals surface area contributed by atoms with Crippen LogP contribution in [0.15, 0.2) is 78.9 Å². The smallest absolute Gasteiger partial charge is 0.411 e. The van der Waals surface area contributed by atoms with Gasteiger partial charge in [-0.25, -0.2) is 14.4 Å². The van der Waals surface area contributed by atoms with E-state index in [2.05, 4.69) is 37.2 Å². The number of ether oxygens (including phenoxy) is 4. The quantitative estimate of drug-likeness (QED) is 0.0157. The lowest BCUT2D eigenvalue weighted by atomic mass is 9.89. The fraction of sp³-hybridized carbons (Fsp3) is 0.615. The number of anilines is 2. The van der Waals surface area contributed by atoms with Crippen LogP contribution >= 0.6 is 0 Å². The number of amides is 12. The Bertz CT molecular complexity index is 3410. The number of hydrogen-bond donors (Lipinski definition) is 8. The molecule has 0 radical (unpaired) electrons. The number of nitrogens with one attached hydrogen (secondary N) is 7. The standard InChI is InChI=1S/C78H118N12O16/c1-16-50(8)68(62(103-13)44-65(93)89-39-25-31-61(89)69(104-14)52(10)70(94)85-60(76(100)105-15)43-53-26-19-17-20-27-53)88(12)75(99)59(40-47(2)3)84-73(97)67(49(6)7)87(11)45-55-28-23-29-57(42-55)82-78(102)106-46-54-33-35-56(36-34-54)81-71(95)58(30-24-37-80-77(79)101)83-72(96)66(48(4)5)86-63(91)32-21-18-22-38-90-64(92)41-51(9)74(90)98/h17,19-20,23,26-29,33-36,42,47-52,58-62,66-69H,16,18,21-22,24-25,30-32,37-41,43-46H2,1-15H3,(H,81,95)(H,82,102)(H,83,96)(H,84,97)(H,85,94)(H,86,91)(H3,79,80,101)/t50-,51?,52+,58-,59-,60-,61-,62+,66-,67-,68-,69+/m0/s1. The molecular formula is C78H118N12O16. The predicted molar refractivity (Wildman–Crippen MR) is 402 cm³/mol. The van der Waals surface area contributed by atoms with Gasteiger partial charge in [-0.2, -0.15) is 0 Å². The van der Waals surface area contributed by atoms with Crippen LogP contribution in [0.2, 0.25) is 0 Å². The largest absolute Gasteiger partial charge is 0.467 e. The van der Waals surface area contributed by atoms with Crippen molar-refractivity contribution in [1.82, 2.24) is 46.2 Å². The lowest BCUT2D eigenvalue weighted by molar-refractivity contribution is -0.148. The van der Waals surface area contributed by atoms with Crippen LogP contribution < -0.4 is 43.0 Å². The lowest BCUT2D eigenvalue weighted by Gasteiger charge is -2.41. The molecule has 12 amide bonds. The van der Waals surface area contributed by atoms with E-state index in [0.717, 1.165) is 11.1 Å². The number of primary amides is 1. The average molecular weight is 1480 g/mol. The van der Waals surface area contributed by atoms with E-state index in [1.54, 1.807) is 87.0 Å². The number of imide groups is 1. The molecule has 2 heterocycles. The summed E-state index contributed by atoms with van der Waals surface area (Å²) < 4.78 is 22.8. The summed E-state index contributed by atoms with van der Waals surface area (Å²) in [6.45, 7) is 19.8. The fourth-order valence-corrected chi connectivity index (χ4v) is 14.0. The van der Waals surface area contributed by atoms with Gasteiger partial charge in [0.15, 0.2) is 0 Å². The van der Waals surface area contributed by atoms with E-state index in [4.69, 9.17) is 24.7 Å². The molecule has 1 unspecified atom stereocenters. The van der Waals surface area contributed by atoms with E-state index in [1.807, 2.05) is 89.9 Å². The second-order valence-electron chi connectivity index (χ2n) is 29.3. The van der Waals surface area contributed by atoms with E-state index >= 15 is 4.79 Å². The first-order valence-electron chi connectivity index (χ1n) is 37.3. The molecule has 3 aromatic carbocycles. The van der Waals surface area contributed by atoms with E-state index in [1.165, 1.54) is 26.2 Å². The van der Waals surface area contributed by atoms with Crippen LogP contribution in [0.3, 0.4) is 0 Å². The van der Waals surface area contributed by atoms with Crippen LogP contribution in [0.4, 0.5) is 21.0 Å². The molecule has 0 saturated carbocycles. The molecule has 0 bridgehead atoms. The minimum absolute atomic E-state index is 0.00782. The molecule has 106 heavy (non-hydrogen) atoms. The molecule has 28 nitrogen and oxygen atoms in total. The Kier molecular flexibility index (Phi) is 36.0. The molecule has 28 heteroatoms. The van der Waals surface area contributed by atoms with Crippen molar-refractivity contribution in [2.24, 2.45) is 41.2 Å². The number of carbonyl (C=O) groups excluding carboxylic acids is 12. The SMILES string of the molecule is CC[C@H](C)[C@@H]([C@@H](CC(=O)N1CCC[C@H]1[C@H](OC)[C@@H](C)C(=O)N[C@@H](Cc1ccccc1)C(=O)OC)OC)N(C)C(=O)[C@H](CC(C)C)NC(=O)[C@H](C(C)C)N(C)Cc1cccc(NC(=O)OCc2ccc(NC(=O)[C@H](CCCNC(N)=O)NC(=O)[C@@H](NC(=O)CCCCCN3C(=O)CC(C)C3=O)C(C)C)cc2)c1. The maximum Gasteiger partial charge on any atom is 0.411 e. The summed E-state index contributed by atoms with van der Waals surface area (Å²) in [5, 5.41) is 19.6. The molecule has 9 N–H and O–H groups in total. The van der Waals surface area contributed by atoms with E-state index in [0.29, 0.717) is 75.0 Å². The van der Waals surface area contributed by atoms with Gasteiger partial charge in [0.05, 0.1) is 49.8 Å². The predicted octanol–water partition coefficient (Wildman–Crippen LogP) is 7.21. The number of rotatable bonds is 43. The van der Waals surface area contributed by atoms with Gasteiger partial charge < -0.3 is 66.4 Å². The number of unbranched alkanes of at least 4 members (excludes halogenated alkanes) is 2. The number of carbonyl (C=O) groups is 12. The number of likely N-dealkylation sites (N-methyl/N-ethyl adjacent to an activating group) is 2. The molecule has 0 aromatic heterocycles. The molecule has 2 saturated heterocycles. The van der Waals surface area contributed by atoms with E-state index in [-0.39, 0.29) is 123 Å². The zero-order valence-electron chi connectivity index (χ0n) is 64.8. The van der Waals surface area contributed by atoms with Crippen molar-refractivity contribution in [1.29, 1.82) is 0 Å². The molecule has 0 aliphatic carbocycles. The third-order valence-corrected chi connectivity index (χ3v) is 19.9. The van der Waals surface area contributed by atoms with Gasteiger partial charge in [-0.3, -0.25) is 58.3 Å². The zero-order valence-corrected chi connectivity index (χ0v) is 64.8. The number of esters is 1. The summed E-state index contributed by atoms with van der Waals surface area (Å²) in [4.78, 5) is 167. The summed E-state index contributed by atoms with van der Waals surface area (Å²) in [6, 6.07) is 16.5. The number of benzene rings is 3. The van der Waals surface area contributed by atoms with Crippen LogP contribution in [0, 0.1) is 35.5 Å². The van der Waals surface area contributed by atoms with Crippen molar-refractivity contribution in [3.8, 4) is 0 Å². The molecule has 0 spiro atoms. The molecule has 3 aromatic rings. The highest BCUT2D eigenvalue weighted by Crippen LogP contribution is 2.31. The van der Waals surface area contributed by atoms with Gasteiger partial charge in [-0.05, 0) is 117 Å². The monoisotopic (exact) mass is 1480 g/mol. The van der Waals surface area contributed by atoms with Crippen LogP contribution in [-0.4, -0.2) is 200 Å². The normalized spacial score (nSPS) is 17.3.